The quantitative estimate of drug-likeness (QED) is 0.726. The minimum Gasteiger partial charge on any atom is -0.394 e. The second-order valence-electron chi connectivity index (χ2n) is 5.39. The van der Waals surface area contributed by atoms with Gasteiger partial charge >= 0.3 is 0 Å². The molecule has 2 rings (SSSR count). The van der Waals surface area contributed by atoms with Crippen molar-refractivity contribution in [1.29, 1.82) is 0 Å². The molecule has 82 valence electrons. The van der Waals surface area contributed by atoms with Crippen molar-refractivity contribution in [3.05, 3.63) is 0 Å². The van der Waals surface area contributed by atoms with Gasteiger partial charge in [0.25, 0.3) is 0 Å². The summed E-state index contributed by atoms with van der Waals surface area (Å²) in [7, 11) is 0. The molecule has 2 N–H and O–H groups in total. The average Bonchev–Trinajstić information content (AvgIpc) is 2.15. The second kappa shape index (κ2) is 4.19. The summed E-state index contributed by atoms with van der Waals surface area (Å²) in [4.78, 5) is 0. The third-order valence-electron chi connectivity index (χ3n) is 4.14. The zero-order chi connectivity index (χ0) is 10.0. The lowest BCUT2D eigenvalue weighted by atomic mass is 9.75. The average molecular weight is 197 g/mol. The highest BCUT2D eigenvalue weighted by molar-refractivity contribution is 4.98. The number of hydrogen-bond acceptors (Lipinski definition) is 2. The molecule has 2 aliphatic rings. The molecule has 0 unspecified atom stereocenters. The van der Waals surface area contributed by atoms with Gasteiger partial charge in [0.1, 0.15) is 0 Å². The molecule has 0 spiro atoms. The van der Waals surface area contributed by atoms with E-state index in [-0.39, 0.29) is 5.54 Å². The Morgan fingerprint density at radius 2 is 1.86 bits per heavy atom. The molecule has 0 atom stereocenters. The Morgan fingerprint density at radius 3 is 2.29 bits per heavy atom. The van der Waals surface area contributed by atoms with Crippen LogP contribution in [0.25, 0.3) is 0 Å². The maximum atomic E-state index is 9.36. The Hall–Kier alpha value is -0.0800. The summed E-state index contributed by atoms with van der Waals surface area (Å²) >= 11 is 0. The van der Waals surface area contributed by atoms with Gasteiger partial charge in [-0.25, -0.2) is 0 Å². The summed E-state index contributed by atoms with van der Waals surface area (Å²) < 4.78 is 0. The van der Waals surface area contributed by atoms with E-state index in [1.165, 1.54) is 44.9 Å². The van der Waals surface area contributed by atoms with Gasteiger partial charge in [0.2, 0.25) is 0 Å². The van der Waals surface area contributed by atoms with E-state index in [9.17, 15) is 5.11 Å². The molecule has 0 saturated heterocycles. The van der Waals surface area contributed by atoms with Crippen LogP contribution in [0, 0.1) is 5.92 Å². The molecule has 0 amide bonds. The first kappa shape index (κ1) is 10.4. The van der Waals surface area contributed by atoms with E-state index in [0.29, 0.717) is 12.6 Å². The Balaban J connectivity index is 1.79. The standard InChI is InChI=1S/C12H23NO/c1-10-3-5-11(6-4-10)13-12(9-14)7-2-8-12/h10-11,13-14H,2-9H2,1H3. The van der Waals surface area contributed by atoms with Crippen LogP contribution in [0.2, 0.25) is 0 Å². The topological polar surface area (TPSA) is 32.3 Å². The van der Waals surface area contributed by atoms with Crippen LogP contribution >= 0.6 is 0 Å². The maximum Gasteiger partial charge on any atom is 0.0613 e. The molecule has 0 bridgehead atoms. The van der Waals surface area contributed by atoms with Gasteiger partial charge in [0, 0.05) is 11.6 Å². The number of aliphatic hydroxyl groups excluding tert-OH is 1. The van der Waals surface area contributed by atoms with Gasteiger partial charge < -0.3 is 10.4 Å². The summed E-state index contributed by atoms with van der Waals surface area (Å²) in [5, 5.41) is 13.0. The molecule has 0 aromatic carbocycles. The largest absolute Gasteiger partial charge is 0.394 e. The molecule has 2 aliphatic carbocycles. The number of nitrogens with one attached hydrogen (secondary N) is 1. The van der Waals surface area contributed by atoms with E-state index in [4.69, 9.17) is 0 Å². The van der Waals surface area contributed by atoms with Crippen LogP contribution in [-0.4, -0.2) is 23.3 Å². The van der Waals surface area contributed by atoms with Crippen LogP contribution in [-0.2, 0) is 0 Å². The third kappa shape index (κ3) is 2.12. The van der Waals surface area contributed by atoms with Gasteiger partial charge in [-0.05, 0) is 50.9 Å². The molecule has 2 heteroatoms. The maximum absolute atomic E-state index is 9.36. The molecular weight excluding hydrogens is 174 g/mol. The Bertz CT molecular complexity index is 175. The Kier molecular flexibility index (Phi) is 3.13. The number of hydrogen-bond donors (Lipinski definition) is 2. The van der Waals surface area contributed by atoms with Crippen LogP contribution in [0.4, 0.5) is 0 Å². The van der Waals surface area contributed by atoms with E-state index >= 15 is 0 Å². The fourth-order valence-electron chi connectivity index (χ4n) is 2.79. The van der Waals surface area contributed by atoms with Crippen molar-refractivity contribution in [3.63, 3.8) is 0 Å². The summed E-state index contributed by atoms with van der Waals surface area (Å²) in [6.07, 6.45) is 8.98. The van der Waals surface area contributed by atoms with Gasteiger partial charge in [0.05, 0.1) is 6.61 Å². The lowest BCUT2D eigenvalue weighted by molar-refractivity contribution is 0.0680. The zero-order valence-electron chi connectivity index (χ0n) is 9.26. The summed E-state index contributed by atoms with van der Waals surface area (Å²) in [5.74, 6) is 0.916. The van der Waals surface area contributed by atoms with Crippen molar-refractivity contribution in [2.75, 3.05) is 6.61 Å². The molecular formula is C12H23NO. The van der Waals surface area contributed by atoms with E-state index < -0.39 is 0 Å². The number of aliphatic hydroxyl groups is 1. The van der Waals surface area contributed by atoms with Crippen molar-refractivity contribution >= 4 is 0 Å². The van der Waals surface area contributed by atoms with Gasteiger partial charge in [-0.3, -0.25) is 0 Å². The fraction of sp³-hybridized carbons (Fsp3) is 1.00. The van der Waals surface area contributed by atoms with E-state index in [2.05, 4.69) is 12.2 Å². The van der Waals surface area contributed by atoms with E-state index in [0.717, 1.165) is 5.92 Å². The van der Waals surface area contributed by atoms with Crippen LogP contribution < -0.4 is 5.32 Å². The molecule has 14 heavy (non-hydrogen) atoms. The molecule has 0 aromatic rings. The lowest BCUT2D eigenvalue weighted by Gasteiger charge is -2.45. The summed E-state index contributed by atoms with van der Waals surface area (Å²) in [5.41, 5.74) is 0.116. The second-order valence-corrected chi connectivity index (χ2v) is 5.39. The molecule has 0 aliphatic heterocycles. The van der Waals surface area contributed by atoms with Crippen LogP contribution in [0.1, 0.15) is 51.9 Å². The highest BCUT2D eigenvalue weighted by Gasteiger charge is 2.38. The SMILES string of the molecule is CC1CCC(NC2(CO)CCC2)CC1. The fourth-order valence-corrected chi connectivity index (χ4v) is 2.79. The van der Waals surface area contributed by atoms with E-state index in [1.54, 1.807) is 0 Å². The van der Waals surface area contributed by atoms with Crippen molar-refractivity contribution in [1.82, 2.24) is 5.32 Å². The molecule has 0 aromatic heterocycles. The van der Waals surface area contributed by atoms with Crippen LogP contribution in [0.5, 0.6) is 0 Å². The summed E-state index contributed by atoms with van der Waals surface area (Å²) in [6, 6.07) is 0.679. The Morgan fingerprint density at radius 1 is 1.21 bits per heavy atom. The van der Waals surface area contributed by atoms with Crippen LogP contribution in [0.15, 0.2) is 0 Å². The highest BCUT2D eigenvalue weighted by atomic mass is 16.3. The predicted molar refractivity (Wildman–Crippen MR) is 58.2 cm³/mol. The summed E-state index contributed by atoms with van der Waals surface area (Å²) in [6.45, 7) is 2.68. The third-order valence-corrected chi connectivity index (χ3v) is 4.14. The first-order valence-corrected chi connectivity index (χ1v) is 6.13. The molecule has 2 fully saturated rings. The monoisotopic (exact) mass is 197 g/mol. The van der Waals surface area contributed by atoms with Gasteiger partial charge in [-0.15, -0.1) is 0 Å². The Labute approximate surface area is 87.1 Å². The van der Waals surface area contributed by atoms with Gasteiger partial charge in [0.15, 0.2) is 0 Å². The first-order valence-electron chi connectivity index (χ1n) is 6.13. The zero-order valence-corrected chi connectivity index (χ0v) is 9.26. The van der Waals surface area contributed by atoms with Crippen LogP contribution in [0.3, 0.4) is 0 Å². The van der Waals surface area contributed by atoms with Crippen molar-refractivity contribution in [3.8, 4) is 0 Å². The number of rotatable bonds is 3. The molecule has 2 nitrogen and oxygen atoms in total. The van der Waals surface area contributed by atoms with Crippen molar-refractivity contribution < 1.29 is 5.11 Å². The van der Waals surface area contributed by atoms with E-state index in [1.807, 2.05) is 0 Å². The lowest BCUT2D eigenvalue weighted by Crippen LogP contribution is -2.58. The van der Waals surface area contributed by atoms with Gasteiger partial charge in [-0.2, -0.15) is 0 Å². The molecule has 2 saturated carbocycles. The highest BCUT2D eigenvalue weighted by Crippen LogP contribution is 2.34. The first-order chi connectivity index (χ1) is 6.74. The molecule has 0 radical (unpaired) electrons. The molecule has 0 heterocycles. The van der Waals surface area contributed by atoms with Gasteiger partial charge in [-0.1, -0.05) is 6.92 Å². The van der Waals surface area contributed by atoms with Crippen molar-refractivity contribution in [2.24, 2.45) is 5.92 Å². The predicted octanol–water partition coefficient (Wildman–Crippen LogP) is 2.07. The smallest absolute Gasteiger partial charge is 0.0613 e. The van der Waals surface area contributed by atoms with Crippen molar-refractivity contribution in [2.45, 2.75) is 63.5 Å². The minimum atomic E-state index is 0.116. The minimum absolute atomic E-state index is 0.116. The normalized spacial score (nSPS) is 36.4.